The first kappa shape index (κ1) is 16.6. The maximum atomic E-state index is 13.6. The number of amides is 1. The lowest BCUT2D eigenvalue weighted by Gasteiger charge is -2.38. The van der Waals surface area contributed by atoms with Crippen LogP contribution in [0.5, 0.6) is 0 Å². The summed E-state index contributed by atoms with van der Waals surface area (Å²) >= 11 is 0. The van der Waals surface area contributed by atoms with Gasteiger partial charge in [0.1, 0.15) is 5.82 Å². The highest BCUT2D eigenvalue weighted by molar-refractivity contribution is 5.77. The minimum Gasteiger partial charge on any atom is -0.338 e. The van der Waals surface area contributed by atoms with Gasteiger partial charge in [0, 0.05) is 57.1 Å². The van der Waals surface area contributed by atoms with Crippen molar-refractivity contribution in [1.82, 2.24) is 25.0 Å². The molecule has 2 atom stereocenters. The van der Waals surface area contributed by atoms with E-state index in [-0.39, 0.29) is 23.7 Å². The fraction of sp³-hybridized carbons (Fsp3) is 0.471. The van der Waals surface area contributed by atoms with Gasteiger partial charge in [0.15, 0.2) is 0 Å². The van der Waals surface area contributed by atoms with Gasteiger partial charge < -0.3 is 10.2 Å². The number of carbonyl (C=O) groups is 1. The summed E-state index contributed by atoms with van der Waals surface area (Å²) in [7, 11) is 3.71. The summed E-state index contributed by atoms with van der Waals surface area (Å²) in [6.07, 6.45) is 7.94. The van der Waals surface area contributed by atoms with Crippen molar-refractivity contribution in [1.29, 1.82) is 0 Å². The topological polar surface area (TPSA) is 63.1 Å². The Morgan fingerprint density at radius 3 is 2.92 bits per heavy atom. The largest absolute Gasteiger partial charge is 0.338 e. The SMILES string of the molecule is CN1C(=O)CC[C@H](CNCc2ccncc2F)[C@H]1c1cnn(C)c1. The van der Waals surface area contributed by atoms with E-state index < -0.39 is 0 Å². The number of aromatic nitrogens is 3. The molecule has 0 unspecified atom stereocenters. The molecular weight excluding hydrogens is 309 g/mol. The third-order valence-corrected chi connectivity index (χ3v) is 4.63. The Morgan fingerprint density at radius 2 is 2.21 bits per heavy atom. The quantitative estimate of drug-likeness (QED) is 0.905. The van der Waals surface area contributed by atoms with Crippen molar-refractivity contribution >= 4 is 5.91 Å². The van der Waals surface area contributed by atoms with E-state index in [1.807, 2.05) is 26.5 Å². The Hall–Kier alpha value is -2.28. The molecule has 24 heavy (non-hydrogen) atoms. The van der Waals surface area contributed by atoms with Gasteiger partial charge in [-0.2, -0.15) is 5.10 Å². The number of nitrogens with zero attached hydrogens (tertiary/aromatic N) is 4. The van der Waals surface area contributed by atoms with Gasteiger partial charge in [-0.1, -0.05) is 0 Å². The molecule has 0 spiro atoms. The fourth-order valence-electron chi connectivity index (χ4n) is 3.36. The summed E-state index contributed by atoms with van der Waals surface area (Å²) in [6.45, 7) is 1.15. The third-order valence-electron chi connectivity index (χ3n) is 4.63. The third kappa shape index (κ3) is 3.46. The van der Waals surface area contributed by atoms with Crippen molar-refractivity contribution in [3.8, 4) is 0 Å². The maximum Gasteiger partial charge on any atom is 0.222 e. The number of piperidine rings is 1. The summed E-state index contributed by atoms with van der Waals surface area (Å²) in [5, 5.41) is 7.55. The summed E-state index contributed by atoms with van der Waals surface area (Å²) in [6, 6.07) is 1.67. The molecular formula is C17H22FN5O. The van der Waals surface area contributed by atoms with E-state index in [0.29, 0.717) is 25.1 Å². The standard InChI is InChI=1S/C17H22FN5O/c1-22-11-14(9-21-22)17-13(3-4-16(24)23(17)2)8-20-7-12-5-6-19-10-15(12)18/h5-6,9-11,13,17,20H,3-4,7-8H2,1-2H3/t13-,17+/m1/s1. The van der Waals surface area contributed by atoms with Crippen LogP contribution in [0.4, 0.5) is 4.39 Å². The summed E-state index contributed by atoms with van der Waals surface area (Å²) < 4.78 is 15.4. The van der Waals surface area contributed by atoms with E-state index in [1.54, 1.807) is 21.8 Å². The molecule has 2 aromatic heterocycles. The number of halogens is 1. The van der Waals surface area contributed by atoms with E-state index in [9.17, 15) is 9.18 Å². The molecule has 2 aromatic rings. The van der Waals surface area contributed by atoms with Crippen LogP contribution in [-0.2, 0) is 18.4 Å². The van der Waals surface area contributed by atoms with Crippen molar-refractivity contribution in [2.75, 3.05) is 13.6 Å². The van der Waals surface area contributed by atoms with E-state index >= 15 is 0 Å². The fourth-order valence-corrected chi connectivity index (χ4v) is 3.36. The zero-order chi connectivity index (χ0) is 17.1. The van der Waals surface area contributed by atoms with Crippen molar-refractivity contribution in [2.24, 2.45) is 13.0 Å². The van der Waals surface area contributed by atoms with Crippen LogP contribution in [-0.4, -0.2) is 39.2 Å². The average molecular weight is 331 g/mol. The Bertz CT molecular complexity index is 717. The smallest absolute Gasteiger partial charge is 0.222 e. The highest BCUT2D eigenvalue weighted by Crippen LogP contribution is 2.35. The second-order valence-corrected chi connectivity index (χ2v) is 6.29. The van der Waals surface area contributed by atoms with Gasteiger partial charge in [-0.25, -0.2) is 4.39 Å². The van der Waals surface area contributed by atoms with Gasteiger partial charge in [0.05, 0.1) is 18.4 Å². The van der Waals surface area contributed by atoms with Gasteiger partial charge in [0.25, 0.3) is 0 Å². The lowest BCUT2D eigenvalue weighted by atomic mass is 9.85. The Balaban J connectivity index is 1.68. The Morgan fingerprint density at radius 1 is 1.38 bits per heavy atom. The summed E-state index contributed by atoms with van der Waals surface area (Å²) in [5.74, 6) is 0.117. The monoisotopic (exact) mass is 331 g/mol. The van der Waals surface area contributed by atoms with Crippen molar-refractivity contribution in [3.63, 3.8) is 0 Å². The predicted molar refractivity (Wildman–Crippen MR) is 87.3 cm³/mol. The molecule has 1 aliphatic heterocycles. The first-order valence-corrected chi connectivity index (χ1v) is 8.09. The van der Waals surface area contributed by atoms with Crippen LogP contribution < -0.4 is 5.32 Å². The average Bonchev–Trinajstić information content (AvgIpc) is 2.99. The molecule has 0 saturated carbocycles. The lowest BCUT2D eigenvalue weighted by molar-refractivity contribution is -0.137. The minimum atomic E-state index is -0.301. The molecule has 0 bridgehead atoms. The zero-order valence-electron chi connectivity index (χ0n) is 13.9. The van der Waals surface area contributed by atoms with Gasteiger partial charge in [-0.15, -0.1) is 0 Å². The molecule has 3 rings (SSSR count). The molecule has 7 heteroatoms. The van der Waals surface area contributed by atoms with E-state index in [2.05, 4.69) is 15.4 Å². The second kappa shape index (κ2) is 7.09. The lowest BCUT2D eigenvalue weighted by Crippen LogP contribution is -2.43. The Kier molecular flexibility index (Phi) is 4.89. The molecule has 1 saturated heterocycles. The molecule has 0 radical (unpaired) electrons. The zero-order valence-corrected chi connectivity index (χ0v) is 13.9. The molecule has 0 aromatic carbocycles. The molecule has 0 aliphatic carbocycles. The first-order valence-electron chi connectivity index (χ1n) is 8.09. The van der Waals surface area contributed by atoms with Crippen LogP contribution in [0.15, 0.2) is 30.9 Å². The molecule has 1 N–H and O–H groups in total. The van der Waals surface area contributed by atoms with Gasteiger partial charge in [0.2, 0.25) is 5.91 Å². The molecule has 1 fully saturated rings. The maximum absolute atomic E-state index is 13.6. The predicted octanol–water partition coefficient (Wildman–Crippen LogP) is 1.65. The molecule has 3 heterocycles. The van der Waals surface area contributed by atoms with Crippen LogP contribution in [0, 0.1) is 11.7 Å². The van der Waals surface area contributed by atoms with Crippen LogP contribution in [0.2, 0.25) is 0 Å². The Labute approximate surface area is 140 Å². The second-order valence-electron chi connectivity index (χ2n) is 6.29. The number of aryl methyl sites for hydroxylation is 1. The number of pyridine rings is 1. The van der Waals surface area contributed by atoms with Gasteiger partial charge >= 0.3 is 0 Å². The van der Waals surface area contributed by atoms with Gasteiger partial charge in [-0.05, 0) is 18.4 Å². The molecule has 128 valence electrons. The molecule has 1 aliphatic rings. The molecule has 6 nitrogen and oxygen atoms in total. The summed E-state index contributed by atoms with van der Waals surface area (Å²) in [5.41, 5.74) is 1.64. The number of hydrogen-bond acceptors (Lipinski definition) is 4. The van der Waals surface area contributed by atoms with Gasteiger partial charge in [-0.3, -0.25) is 14.5 Å². The van der Waals surface area contributed by atoms with Crippen LogP contribution >= 0.6 is 0 Å². The number of nitrogens with one attached hydrogen (secondary N) is 1. The number of hydrogen-bond donors (Lipinski definition) is 1. The normalized spacial score (nSPS) is 21.3. The first-order chi connectivity index (χ1) is 11.6. The van der Waals surface area contributed by atoms with E-state index in [1.165, 1.54) is 6.20 Å². The van der Waals surface area contributed by atoms with Crippen molar-refractivity contribution in [2.45, 2.75) is 25.4 Å². The minimum absolute atomic E-state index is 0.00487. The highest BCUT2D eigenvalue weighted by atomic mass is 19.1. The van der Waals surface area contributed by atoms with Crippen molar-refractivity contribution in [3.05, 3.63) is 47.8 Å². The highest BCUT2D eigenvalue weighted by Gasteiger charge is 2.35. The van der Waals surface area contributed by atoms with Crippen molar-refractivity contribution < 1.29 is 9.18 Å². The van der Waals surface area contributed by atoms with Crippen LogP contribution in [0.3, 0.4) is 0 Å². The number of likely N-dealkylation sites (tertiary alicyclic amines) is 1. The number of rotatable bonds is 5. The van der Waals surface area contributed by atoms with Crippen LogP contribution in [0.1, 0.15) is 30.0 Å². The van der Waals surface area contributed by atoms with Crippen LogP contribution in [0.25, 0.3) is 0 Å². The van der Waals surface area contributed by atoms with E-state index in [0.717, 1.165) is 12.0 Å². The molecule has 1 amide bonds. The van der Waals surface area contributed by atoms with E-state index in [4.69, 9.17) is 0 Å². The number of carbonyl (C=O) groups excluding carboxylic acids is 1. The summed E-state index contributed by atoms with van der Waals surface area (Å²) in [4.78, 5) is 17.7.